The molecular weight excluding hydrogens is 252 g/mol. The van der Waals surface area contributed by atoms with Crippen LogP contribution in [0, 0.1) is 23.7 Å². The van der Waals surface area contributed by atoms with E-state index < -0.39 is 9.52 Å². The van der Waals surface area contributed by atoms with Crippen molar-refractivity contribution in [2.45, 2.75) is 24.3 Å². The monoisotopic (exact) mass is 270 g/mol. The summed E-state index contributed by atoms with van der Waals surface area (Å²) in [5.41, 5.74) is 0.541. The Balaban J connectivity index is 1.73. The van der Waals surface area contributed by atoms with Crippen LogP contribution in [0.25, 0.3) is 0 Å². The summed E-state index contributed by atoms with van der Waals surface area (Å²) in [6, 6.07) is 0. The summed E-state index contributed by atoms with van der Waals surface area (Å²) in [7, 11) is 2.75. The SMILES string of the molecule is COC(OC)[SiH2]C1CC2CC1C1C(=O)OC(=O)C21. The average molecular weight is 270 g/mol. The van der Waals surface area contributed by atoms with E-state index in [9.17, 15) is 9.59 Å². The number of rotatable bonds is 4. The first kappa shape index (κ1) is 12.3. The van der Waals surface area contributed by atoms with Crippen LogP contribution in [0.5, 0.6) is 0 Å². The molecule has 3 rings (SSSR count). The highest BCUT2D eigenvalue weighted by Gasteiger charge is 2.62. The van der Waals surface area contributed by atoms with Gasteiger partial charge in [0.15, 0.2) is 0 Å². The fourth-order valence-corrected chi connectivity index (χ4v) is 6.53. The van der Waals surface area contributed by atoms with E-state index in [-0.39, 0.29) is 29.7 Å². The van der Waals surface area contributed by atoms with Crippen molar-refractivity contribution >= 4 is 21.5 Å². The van der Waals surface area contributed by atoms with E-state index in [0.717, 1.165) is 12.8 Å². The molecule has 5 nitrogen and oxygen atoms in total. The highest BCUT2D eigenvalue weighted by atomic mass is 28.2. The van der Waals surface area contributed by atoms with Gasteiger partial charge in [-0.1, -0.05) is 0 Å². The molecule has 3 fully saturated rings. The van der Waals surface area contributed by atoms with Crippen molar-refractivity contribution in [1.82, 2.24) is 0 Å². The molecule has 18 heavy (non-hydrogen) atoms. The second kappa shape index (κ2) is 4.43. The number of fused-ring (bicyclic) bond motifs is 5. The van der Waals surface area contributed by atoms with E-state index in [1.807, 2.05) is 0 Å². The summed E-state index contributed by atoms with van der Waals surface area (Å²) in [5.74, 6) is -0.278. The van der Waals surface area contributed by atoms with Gasteiger partial charge in [0.25, 0.3) is 0 Å². The molecule has 0 aromatic heterocycles. The quantitative estimate of drug-likeness (QED) is 0.308. The molecule has 2 aliphatic carbocycles. The average Bonchev–Trinajstić information content (AvgIpc) is 2.99. The number of esters is 2. The zero-order valence-corrected chi connectivity index (χ0v) is 12.0. The van der Waals surface area contributed by atoms with Crippen LogP contribution in [0.4, 0.5) is 0 Å². The molecule has 6 heteroatoms. The number of hydrogen-bond acceptors (Lipinski definition) is 5. The molecule has 2 bridgehead atoms. The van der Waals surface area contributed by atoms with Gasteiger partial charge in [-0.15, -0.1) is 0 Å². The topological polar surface area (TPSA) is 61.8 Å². The van der Waals surface area contributed by atoms with E-state index in [4.69, 9.17) is 14.2 Å². The zero-order chi connectivity index (χ0) is 12.9. The normalized spacial score (nSPS) is 42.3. The van der Waals surface area contributed by atoms with Crippen molar-refractivity contribution in [2.75, 3.05) is 14.2 Å². The van der Waals surface area contributed by atoms with Gasteiger partial charge in [-0.2, -0.15) is 0 Å². The van der Waals surface area contributed by atoms with Gasteiger partial charge in [0, 0.05) is 14.2 Å². The Morgan fingerprint density at radius 3 is 2.50 bits per heavy atom. The second-order valence-electron chi connectivity index (χ2n) is 5.58. The highest BCUT2D eigenvalue weighted by Crippen LogP contribution is 2.60. The number of hydrogen-bond donors (Lipinski definition) is 0. The van der Waals surface area contributed by atoms with Crippen LogP contribution in [-0.4, -0.2) is 41.6 Å². The minimum atomic E-state index is -0.565. The lowest BCUT2D eigenvalue weighted by molar-refractivity contribution is -0.154. The molecule has 2 saturated carbocycles. The minimum absolute atomic E-state index is 0.0825. The molecule has 0 N–H and O–H groups in total. The summed E-state index contributed by atoms with van der Waals surface area (Å²) in [6.45, 7) is 0. The van der Waals surface area contributed by atoms with Crippen LogP contribution < -0.4 is 0 Å². The van der Waals surface area contributed by atoms with Crippen LogP contribution in [0.2, 0.25) is 5.54 Å². The molecule has 0 spiro atoms. The van der Waals surface area contributed by atoms with Crippen LogP contribution in [0.15, 0.2) is 0 Å². The van der Waals surface area contributed by atoms with E-state index in [1.54, 1.807) is 14.2 Å². The molecule has 0 aromatic carbocycles. The summed E-state index contributed by atoms with van der Waals surface area (Å²) in [5, 5.41) is 0. The van der Waals surface area contributed by atoms with Crippen molar-refractivity contribution in [3.05, 3.63) is 0 Å². The Labute approximate surface area is 108 Å². The third-order valence-electron chi connectivity index (χ3n) is 4.91. The molecule has 5 unspecified atom stereocenters. The number of carbonyl (C=O) groups is 2. The maximum atomic E-state index is 11.7. The Hall–Kier alpha value is -0.723. The van der Waals surface area contributed by atoms with Crippen LogP contribution in [-0.2, 0) is 23.8 Å². The Morgan fingerprint density at radius 1 is 1.17 bits per heavy atom. The summed E-state index contributed by atoms with van der Waals surface area (Å²) in [6.07, 6.45) is 2.05. The lowest BCUT2D eigenvalue weighted by atomic mass is 9.81. The van der Waals surface area contributed by atoms with Gasteiger partial charge in [0.05, 0.1) is 21.4 Å². The van der Waals surface area contributed by atoms with Gasteiger partial charge < -0.3 is 14.2 Å². The number of ether oxygens (including phenoxy) is 3. The van der Waals surface area contributed by atoms with Gasteiger partial charge in [-0.3, -0.25) is 9.59 Å². The van der Waals surface area contributed by atoms with Gasteiger partial charge in [0.1, 0.15) is 5.91 Å². The number of cyclic esters (lactones) is 2. The number of carbonyl (C=O) groups excluding carboxylic acids is 2. The third kappa shape index (κ3) is 1.66. The second-order valence-corrected chi connectivity index (χ2v) is 7.77. The van der Waals surface area contributed by atoms with Crippen molar-refractivity contribution in [3.8, 4) is 0 Å². The molecule has 0 radical (unpaired) electrons. The van der Waals surface area contributed by atoms with Crippen LogP contribution >= 0.6 is 0 Å². The molecular formula is C12H18O5Si. The largest absolute Gasteiger partial charge is 0.393 e. The lowest BCUT2D eigenvalue weighted by Gasteiger charge is -2.29. The smallest absolute Gasteiger partial charge is 0.317 e. The Morgan fingerprint density at radius 2 is 1.83 bits per heavy atom. The summed E-state index contributed by atoms with van der Waals surface area (Å²) < 4.78 is 15.4. The fourth-order valence-electron chi connectivity index (χ4n) is 4.20. The van der Waals surface area contributed by atoms with Gasteiger partial charge >= 0.3 is 11.9 Å². The predicted octanol–water partition coefficient (Wildman–Crippen LogP) is -0.124. The molecule has 1 aliphatic heterocycles. The highest BCUT2D eigenvalue weighted by molar-refractivity contribution is 6.39. The standard InChI is InChI=1S/C12H18O5Si/c1-15-12(16-2)18-7-4-5-3-6(7)9-8(5)10(13)17-11(9)14/h5-9,12H,3-4,18H2,1-2H3. The molecule has 1 saturated heterocycles. The maximum absolute atomic E-state index is 11.7. The van der Waals surface area contributed by atoms with Crippen molar-refractivity contribution in [1.29, 1.82) is 0 Å². The molecule has 3 aliphatic rings. The zero-order valence-electron chi connectivity index (χ0n) is 10.6. The van der Waals surface area contributed by atoms with E-state index in [0.29, 0.717) is 17.4 Å². The van der Waals surface area contributed by atoms with E-state index >= 15 is 0 Å². The predicted molar refractivity (Wildman–Crippen MR) is 64.4 cm³/mol. The Kier molecular flexibility index (Phi) is 3.03. The lowest BCUT2D eigenvalue weighted by Crippen LogP contribution is -2.34. The van der Waals surface area contributed by atoms with Crippen molar-refractivity contribution in [2.24, 2.45) is 23.7 Å². The van der Waals surface area contributed by atoms with Gasteiger partial charge in [-0.05, 0) is 30.2 Å². The first-order chi connectivity index (χ1) is 8.65. The van der Waals surface area contributed by atoms with Crippen molar-refractivity contribution in [3.63, 3.8) is 0 Å². The van der Waals surface area contributed by atoms with Crippen LogP contribution in [0.1, 0.15) is 12.8 Å². The van der Waals surface area contributed by atoms with E-state index in [1.165, 1.54) is 0 Å². The molecule has 0 aromatic rings. The van der Waals surface area contributed by atoms with Gasteiger partial charge in [0.2, 0.25) is 0 Å². The minimum Gasteiger partial charge on any atom is -0.393 e. The molecule has 0 amide bonds. The number of methoxy groups -OCH3 is 2. The molecule has 5 atom stereocenters. The summed E-state index contributed by atoms with van der Waals surface area (Å²) >= 11 is 0. The maximum Gasteiger partial charge on any atom is 0.317 e. The third-order valence-corrected chi connectivity index (χ3v) is 7.50. The van der Waals surface area contributed by atoms with E-state index in [2.05, 4.69) is 0 Å². The molecule has 100 valence electrons. The van der Waals surface area contributed by atoms with Crippen LogP contribution in [0.3, 0.4) is 0 Å². The first-order valence-electron chi connectivity index (χ1n) is 6.46. The van der Waals surface area contributed by atoms with Crippen molar-refractivity contribution < 1.29 is 23.8 Å². The molecule has 1 heterocycles. The van der Waals surface area contributed by atoms with Gasteiger partial charge in [-0.25, -0.2) is 0 Å². The first-order valence-corrected chi connectivity index (χ1v) is 8.10. The summed E-state index contributed by atoms with van der Waals surface area (Å²) in [4.78, 5) is 23.4. The Bertz CT molecular complexity index is 381. The fraction of sp³-hybridized carbons (Fsp3) is 0.833.